The zero-order valence-electron chi connectivity index (χ0n) is 17.5. The molecule has 0 aliphatic rings. The zero-order valence-corrected chi connectivity index (χ0v) is 17.5. The summed E-state index contributed by atoms with van der Waals surface area (Å²) < 4.78 is 159. The largest absolute Gasteiger partial charge is 0.573 e. The van der Waals surface area contributed by atoms with Crippen molar-refractivity contribution in [3.05, 3.63) is 76.4 Å². The highest BCUT2D eigenvalue weighted by Gasteiger charge is 2.44. The van der Waals surface area contributed by atoms with Crippen molar-refractivity contribution in [1.82, 2.24) is 0 Å². The second-order valence-corrected chi connectivity index (χ2v) is 7.09. The Morgan fingerprint density at radius 1 is 0.694 bits per heavy atom. The van der Waals surface area contributed by atoms with Gasteiger partial charge in [-0.3, -0.25) is 5.11 Å². The Morgan fingerprint density at radius 2 is 1.22 bits per heavy atom. The van der Waals surface area contributed by atoms with Crippen LogP contribution in [0.15, 0.2) is 30.3 Å². The van der Waals surface area contributed by atoms with Crippen molar-refractivity contribution in [1.29, 1.82) is 0 Å². The van der Waals surface area contributed by atoms with Gasteiger partial charge in [0.05, 0.1) is 11.1 Å². The van der Waals surface area contributed by atoms with Crippen LogP contribution in [-0.2, 0) is 17.6 Å². The van der Waals surface area contributed by atoms with Crippen LogP contribution in [0, 0.1) is 34.9 Å². The van der Waals surface area contributed by atoms with E-state index in [0.717, 1.165) is 0 Å². The van der Waals surface area contributed by atoms with Gasteiger partial charge in [-0.15, -0.1) is 13.2 Å². The van der Waals surface area contributed by atoms with Crippen molar-refractivity contribution in [3.63, 3.8) is 0 Å². The summed E-state index contributed by atoms with van der Waals surface area (Å²) in [6.45, 7) is 1.49. The summed E-state index contributed by atoms with van der Waals surface area (Å²) in [5.74, 6) is -17.4. The summed E-state index contributed by atoms with van der Waals surface area (Å²) in [7, 11) is 0. The van der Waals surface area contributed by atoms with Crippen LogP contribution in [0.25, 0.3) is 11.1 Å². The lowest BCUT2D eigenvalue weighted by atomic mass is 9.97. The van der Waals surface area contributed by atoms with Crippen LogP contribution in [0.4, 0.5) is 48.3 Å². The minimum atomic E-state index is -5.56. The first-order valence-electron chi connectivity index (χ1n) is 9.55. The predicted molar refractivity (Wildman–Crippen MR) is 98.8 cm³/mol. The summed E-state index contributed by atoms with van der Waals surface area (Å²) in [5.41, 5.74) is -5.33. The first-order chi connectivity index (χ1) is 16.6. The standard InChI is InChI=1S/C22H10F11O3/c1-2-8-3-10(23)16(11(24)4-8)17-15(34)7-12(25)18(19(17)28)21(29,30)35-9-5-13(26)20(14(27)6-9)36-22(31,32)33/h3-7H,2H2,1H3. The maximum absolute atomic E-state index is 15.0. The molecule has 0 unspecified atom stereocenters. The Hall–Kier alpha value is -3.71. The lowest BCUT2D eigenvalue weighted by Crippen LogP contribution is -2.26. The quantitative estimate of drug-likeness (QED) is 0.303. The van der Waals surface area contributed by atoms with E-state index in [1.165, 1.54) is 6.92 Å². The van der Waals surface area contributed by atoms with Gasteiger partial charge in [-0.1, -0.05) is 6.92 Å². The molecule has 0 fully saturated rings. The van der Waals surface area contributed by atoms with Crippen LogP contribution in [-0.4, -0.2) is 6.36 Å². The van der Waals surface area contributed by atoms with Gasteiger partial charge in [-0.2, -0.15) is 8.78 Å². The Morgan fingerprint density at radius 3 is 1.69 bits per heavy atom. The molecule has 0 N–H and O–H groups in total. The smallest absolute Gasteiger partial charge is 0.429 e. The van der Waals surface area contributed by atoms with Crippen LogP contribution < -0.4 is 9.47 Å². The Balaban J connectivity index is 2.11. The highest BCUT2D eigenvalue weighted by Crippen LogP contribution is 2.44. The van der Waals surface area contributed by atoms with Crippen molar-refractivity contribution >= 4 is 0 Å². The van der Waals surface area contributed by atoms with Gasteiger partial charge >= 0.3 is 12.5 Å². The monoisotopic (exact) mass is 531 g/mol. The Bertz CT molecular complexity index is 1270. The topological polar surface area (TPSA) is 38.4 Å². The van der Waals surface area contributed by atoms with E-state index in [-0.39, 0.29) is 30.2 Å². The number of halogens is 11. The van der Waals surface area contributed by atoms with E-state index in [2.05, 4.69) is 9.47 Å². The molecule has 193 valence electrons. The summed E-state index contributed by atoms with van der Waals surface area (Å²) in [6, 6.07) is 0.731. The van der Waals surface area contributed by atoms with Gasteiger partial charge in [-0.05, 0) is 24.1 Å². The SMILES string of the molecule is CCc1cc(F)c(-c2c([O])cc(F)c(C(F)(F)Oc3cc(F)c(OC(F)(F)F)c(F)c3)c2F)c(F)c1. The van der Waals surface area contributed by atoms with E-state index in [0.29, 0.717) is 12.1 Å². The lowest BCUT2D eigenvalue weighted by molar-refractivity contribution is -0.276. The fourth-order valence-electron chi connectivity index (χ4n) is 3.17. The fourth-order valence-corrected chi connectivity index (χ4v) is 3.17. The Labute approximate surface area is 194 Å². The summed E-state index contributed by atoms with van der Waals surface area (Å²) >= 11 is 0. The average Bonchev–Trinajstić information content (AvgIpc) is 2.70. The maximum atomic E-state index is 15.0. The molecule has 0 aromatic heterocycles. The molecule has 3 rings (SSSR count). The number of aryl methyl sites for hydroxylation is 1. The van der Waals surface area contributed by atoms with Gasteiger partial charge in [0.25, 0.3) is 0 Å². The van der Waals surface area contributed by atoms with Crippen molar-refractivity contribution in [3.8, 4) is 28.4 Å². The van der Waals surface area contributed by atoms with E-state index in [4.69, 9.17) is 0 Å². The van der Waals surface area contributed by atoms with Crippen LogP contribution in [0.2, 0.25) is 0 Å². The highest BCUT2D eigenvalue weighted by molar-refractivity contribution is 5.73. The second-order valence-electron chi connectivity index (χ2n) is 7.09. The van der Waals surface area contributed by atoms with Crippen molar-refractivity contribution < 1.29 is 62.9 Å². The third-order valence-corrected chi connectivity index (χ3v) is 4.67. The van der Waals surface area contributed by atoms with Gasteiger partial charge in [0.1, 0.15) is 28.8 Å². The summed E-state index contributed by atoms with van der Waals surface area (Å²) in [4.78, 5) is 0. The van der Waals surface area contributed by atoms with Crippen LogP contribution in [0.1, 0.15) is 18.1 Å². The zero-order chi connectivity index (χ0) is 27.2. The minimum Gasteiger partial charge on any atom is -0.429 e. The van der Waals surface area contributed by atoms with Crippen molar-refractivity contribution in [2.75, 3.05) is 0 Å². The number of hydrogen-bond donors (Lipinski definition) is 0. The van der Waals surface area contributed by atoms with Crippen molar-refractivity contribution in [2.45, 2.75) is 25.8 Å². The van der Waals surface area contributed by atoms with E-state index >= 15 is 4.39 Å². The van der Waals surface area contributed by atoms with Crippen LogP contribution in [0.5, 0.6) is 17.2 Å². The molecule has 3 nitrogen and oxygen atoms in total. The summed E-state index contributed by atoms with van der Waals surface area (Å²) in [5, 5.41) is 12.1. The average molecular weight is 531 g/mol. The molecule has 0 aliphatic heterocycles. The highest BCUT2D eigenvalue weighted by atomic mass is 19.4. The number of rotatable bonds is 6. The predicted octanol–water partition coefficient (Wildman–Crippen LogP) is 7.92. The minimum absolute atomic E-state index is 0.0552. The molecule has 0 saturated carbocycles. The molecular formula is C22H10F11O3. The molecule has 0 bridgehead atoms. The van der Waals surface area contributed by atoms with E-state index in [1.807, 2.05) is 0 Å². The Kier molecular flexibility index (Phi) is 7.01. The van der Waals surface area contributed by atoms with Gasteiger partial charge in [0.15, 0.2) is 23.2 Å². The number of alkyl halides is 5. The second kappa shape index (κ2) is 9.39. The molecule has 0 amide bonds. The number of hydrogen-bond acceptors (Lipinski definition) is 2. The van der Waals surface area contributed by atoms with Gasteiger partial charge in [0, 0.05) is 18.2 Å². The molecule has 1 radical (unpaired) electrons. The van der Waals surface area contributed by atoms with Gasteiger partial charge < -0.3 is 9.47 Å². The molecule has 0 aliphatic carbocycles. The number of ether oxygens (including phenoxy) is 2. The molecule has 0 saturated heterocycles. The summed E-state index contributed by atoms with van der Waals surface area (Å²) in [6.07, 6.45) is -10.7. The number of benzene rings is 3. The first kappa shape index (κ1) is 26.9. The lowest BCUT2D eigenvalue weighted by Gasteiger charge is -2.21. The van der Waals surface area contributed by atoms with E-state index < -0.39 is 81.3 Å². The van der Waals surface area contributed by atoms with Crippen LogP contribution in [0.3, 0.4) is 0 Å². The molecule has 0 heterocycles. The fraction of sp³-hybridized carbons (Fsp3) is 0.182. The molecule has 14 heteroatoms. The maximum Gasteiger partial charge on any atom is 0.573 e. The van der Waals surface area contributed by atoms with Crippen LogP contribution >= 0.6 is 0 Å². The molecule has 0 spiro atoms. The first-order valence-corrected chi connectivity index (χ1v) is 9.55. The molecule has 36 heavy (non-hydrogen) atoms. The third-order valence-electron chi connectivity index (χ3n) is 4.67. The van der Waals surface area contributed by atoms with Crippen molar-refractivity contribution in [2.24, 2.45) is 0 Å². The molecule has 0 atom stereocenters. The normalized spacial score (nSPS) is 12.1. The van der Waals surface area contributed by atoms with E-state index in [9.17, 15) is 49.0 Å². The van der Waals surface area contributed by atoms with Gasteiger partial charge in [-0.25, -0.2) is 26.3 Å². The molecule has 3 aromatic carbocycles. The van der Waals surface area contributed by atoms with E-state index in [1.54, 1.807) is 0 Å². The van der Waals surface area contributed by atoms with Gasteiger partial charge in [0.2, 0.25) is 5.75 Å². The third kappa shape index (κ3) is 5.26. The molecular weight excluding hydrogens is 521 g/mol. The molecule has 3 aromatic rings.